The summed E-state index contributed by atoms with van der Waals surface area (Å²) in [4.78, 5) is 35.8. The molecular weight excluding hydrogens is 428 g/mol. The molecule has 0 radical (unpaired) electrons. The van der Waals surface area contributed by atoms with Gasteiger partial charge in [-0.15, -0.1) is 0 Å². The maximum atomic E-state index is 12.7. The van der Waals surface area contributed by atoms with Crippen LogP contribution >= 0.6 is 0 Å². The summed E-state index contributed by atoms with van der Waals surface area (Å²) in [5, 5.41) is 9.44. The number of amides is 2. The second-order valence-electron chi connectivity index (χ2n) is 9.85. The predicted molar refractivity (Wildman–Crippen MR) is 137 cm³/mol. The molecule has 1 heterocycles. The van der Waals surface area contributed by atoms with Gasteiger partial charge in [-0.2, -0.15) is 4.98 Å². The van der Waals surface area contributed by atoms with E-state index in [2.05, 4.69) is 25.9 Å². The Morgan fingerprint density at radius 1 is 1.15 bits per heavy atom. The number of nitrogens with zero attached hydrogens (tertiary/aromatic N) is 3. The molecule has 0 unspecified atom stereocenters. The quantitative estimate of drug-likeness (QED) is 0.514. The maximum Gasteiger partial charge on any atom is 0.224 e. The number of nitrogens with one attached hydrogen (secondary N) is 3. The Labute approximate surface area is 202 Å². The minimum absolute atomic E-state index is 0.00975. The second kappa shape index (κ2) is 11.8. The van der Waals surface area contributed by atoms with Crippen LogP contribution < -0.4 is 20.9 Å². The third kappa shape index (κ3) is 7.43. The molecule has 8 nitrogen and oxygen atoms in total. The van der Waals surface area contributed by atoms with Crippen molar-refractivity contribution in [2.24, 2.45) is 11.8 Å². The molecule has 1 aromatic carbocycles. The molecular formula is C26H38N6O2. The van der Waals surface area contributed by atoms with E-state index in [9.17, 15) is 9.59 Å². The molecule has 1 saturated carbocycles. The van der Waals surface area contributed by atoms with Gasteiger partial charge in [0.05, 0.1) is 0 Å². The first-order chi connectivity index (χ1) is 16.2. The van der Waals surface area contributed by atoms with E-state index in [1.54, 1.807) is 0 Å². The zero-order valence-corrected chi connectivity index (χ0v) is 21.0. The molecule has 2 aromatic rings. The average Bonchev–Trinajstić information content (AvgIpc) is 2.78. The number of anilines is 3. The minimum Gasteiger partial charge on any atom is -0.362 e. The van der Waals surface area contributed by atoms with Crippen molar-refractivity contribution in [1.82, 2.24) is 15.3 Å². The monoisotopic (exact) mass is 466 g/mol. The number of aromatic nitrogens is 2. The van der Waals surface area contributed by atoms with Crippen LogP contribution in [-0.2, 0) is 16.1 Å². The van der Waals surface area contributed by atoms with Gasteiger partial charge in [0, 0.05) is 56.5 Å². The van der Waals surface area contributed by atoms with Gasteiger partial charge in [0.15, 0.2) is 0 Å². The largest absolute Gasteiger partial charge is 0.362 e. The van der Waals surface area contributed by atoms with Crippen molar-refractivity contribution >= 4 is 29.3 Å². The maximum absolute atomic E-state index is 12.7. The smallest absolute Gasteiger partial charge is 0.224 e. The molecule has 1 fully saturated rings. The lowest BCUT2D eigenvalue weighted by molar-refractivity contribution is -0.126. The molecule has 2 amide bonds. The number of aryl methyl sites for hydroxylation is 1. The molecule has 0 saturated heterocycles. The van der Waals surface area contributed by atoms with Crippen molar-refractivity contribution in [1.29, 1.82) is 0 Å². The van der Waals surface area contributed by atoms with E-state index in [4.69, 9.17) is 0 Å². The van der Waals surface area contributed by atoms with Crippen molar-refractivity contribution in [2.45, 2.75) is 65.5 Å². The molecule has 1 aromatic heterocycles. The number of hydrogen-bond acceptors (Lipinski definition) is 6. The van der Waals surface area contributed by atoms with Crippen LogP contribution in [0.3, 0.4) is 0 Å². The van der Waals surface area contributed by atoms with Crippen molar-refractivity contribution in [3.05, 3.63) is 41.6 Å². The lowest BCUT2D eigenvalue weighted by Crippen LogP contribution is -2.36. The van der Waals surface area contributed by atoms with Gasteiger partial charge in [-0.3, -0.25) is 9.59 Å². The third-order valence-electron chi connectivity index (χ3n) is 6.07. The molecule has 1 aliphatic carbocycles. The van der Waals surface area contributed by atoms with Gasteiger partial charge in [-0.1, -0.05) is 26.0 Å². The number of carbonyl (C=O) groups excluding carboxylic acids is 2. The van der Waals surface area contributed by atoms with Crippen LogP contribution in [0.2, 0.25) is 0 Å². The summed E-state index contributed by atoms with van der Waals surface area (Å²) in [5.74, 6) is 1.98. The highest BCUT2D eigenvalue weighted by Gasteiger charge is 2.26. The Morgan fingerprint density at radius 3 is 2.56 bits per heavy atom. The van der Waals surface area contributed by atoms with Gasteiger partial charge >= 0.3 is 0 Å². The van der Waals surface area contributed by atoms with E-state index in [0.29, 0.717) is 24.8 Å². The molecule has 0 bridgehead atoms. The van der Waals surface area contributed by atoms with Crippen LogP contribution in [-0.4, -0.2) is 41.9 Å². The van der Waals surface area contributed by atoms with Crippen molar-refractivity contribution in [3.8, 4) is 0 Å². The molecule has 1 aliphatic rings. The van der Waals surface area contributed by atoms with E-state index in [-0.39, 0.29) is 23.8 Å². The number of hydrogen-bond donors (Lipinski definition) is 3. The summed E-state index contributed by atoms with van der Waals surface area (Å²) in [6.07, 6.45) is 5.82. The Morgan fingerprint density at radius 2 is 1.88 bits per heavy atom. The fraction of sp³-hybridized carbons (Fsp3) is 0.538. The Kier molecular flexibility index (Phi) is 8.85. The zero-order valence-electron chi connectivity index (χ0n) is 21.0. The van der Waals surface area contributed by atoms with Crippen LogP contribution in [0.25, 0.3) is 0 Å². The van der Waals surface area contributed by atoms with Crippen LogP contribution in [0, 0.1) is 18.8 Å². The number of rotatable bonds is 9. The Bertz CT molecular complexity index is 983. The molecule has 0 spiro atoms. The molecule has 8 heteroatoms. The normalized spacial score (nSPS) is 17.8. The van der Waals surface area contributed by atoms with Crippen LogP contribution in [0.5, 0.6) is 0 Å². The van der Waals surface area contributed by atoms with Gasteiger partial charge in [0.2, 0.25) is 17.8 Å². The highest BCUT2D eigenvalue weighted by Crippen LogP contribution is 2.27. The topological polar surface area (TPSA) is 99.2 Å². The van der Waals surface area contributed by atoms with Gasteiger partial charge in [0.25, 0.3) is 0 Å². The summed E-state index contributed by atoms with van der Waals surface area (Å²) >= 11 is 0. The van der Waals surface area contributed by atoms with Crippen molar-refractivity contribution in [2.75, 3.05) is 29.6 Å². The van der Waals surface area contributed by atoms with Crippen molar-refractivity contribution < 1.29 is 9.59 Å². The van der Waals surface area contributed by atoms with Crippen LogP contribution in [0.15, 0.2) is 30.5 Å². The fourth-order valence-corrected chi connectivity index (χ4v) is 4.31. The first-order valence-corrected chi connectivity index (χ1v) is 12.1. The first kappa shape index (κ1) is 25.5. The predicted octanol–water partition coefficient (Wildman–Crippen LogP) is 4.12. The van der Waals surface area contributed by atoms with E-state index < -0.39 is 0 Å². The lowest BCUT2D eigenvalue weighted by Gasteiger charge is -2.28. The fourth-order valence-electron chi connectivity index (χ4n) is 4.31. The van der Waals surface area contributed by atoms with Crippen molar-refractivity contribution in [3.63, 3.8) is 0 Å². The van der Waals surface area contributed by atoms with Gasteiger partial charge in [0.1, 0.15) is 5.82 Å². The van der Waals surface area contributed by atoms with Crippen LogP contribution in [0.4, 0.5) is 17.5 Å². The van der Waals surface area contributed by atoms with E-state index in [1.807, 2.05) is 70.2 Å². The summed E-state index contributed by atoms with van der Waals surface area (Å²) < 4.78 is 0. The number of benzene rings is 1. The van der Waals surface area contributed by atoms with Gasteiger partial charge in [-0.05, 0) is 56.2 Å². The highest BCUT2D eigenvalue weighted by atomic mass is 16.2. The SMILES string of the molecule is Cc1cnc(NC2CCC(C(=O)NCc3cccc(NC(=O)CC(C)C)c3)CC2)nc1N(C)C. The molecule has 0 atom stereocenters. The summed E-state index contributed by atoms with van der Waals surface area (Å²) in [5.41, 5.74) is 2.78. The summed E-state index contributed by atoms with van der Waals surface area (Å²) in [6, 6.07) is 7.92. The molecule has 34 heavy (non-hydrogen) atoms. The van der Waals surface area contributed by atoms with E-state index in [1.165, 1.54) is 0 Å². The van der Waals surface area contributed by atoms with E-state index in [0.717, 1.165) is 48.3 Å². The van der Waals surface area contributed by atoms with Gasteiger partial charge in [-0.25, -0.2) is 4.98 Å². The highest BCUT2D eigenvalue weighted by molar-refractivity contribution is 5.90. The van der Waals surface area contributed by atoms with Crippen LogP contribution in [0.1, 0.15) is 57.1 Å². The second-order valence-corrected chi connectivity index (χ2v) is 9.85. The Hall–Kier alpha value is -3.16. The average molecular weight is 467 g/mol. The lowest BCUT2D eigenvalue weighted by atomic mass is 9.85. The molecule has 0 aliphatic heterocycles. The molecule has 3 rings (SSSR count). The zero-order chi connectivity index (χ0) is 24.7. The van der Waals surface area contributed by atoms with E-state index >= 15 is 0 Å². The summed E-state index contributed by atoms with van der Waals surface area (Å²) in [7, 11) is 3.95. The number of carbonyl (C=O) groups is 2. The Balaban J connectivity index is 1.45. The first-order valence-electron chi connectivity index (χ1n) is 12.1. The van der Waals surface area contributed by atoms with Gasteiger partial charge < -0.3 is 20.9 Å². The molecule has 184 valence electrons. The third-order valence-corrected chi connectivity index (χ3v) is 6.07. The summed E-state index contributed by atoms with van der Waals surface area (Å²) in [6.45, 7) is 6.50. The standard InChI is InChI=1S/C26H38N6O2/c1-17(2)13-23(33)29-22-8-6-7-19(14-22)16-27-25(34)20-9-11-21(12-10-20)30-26-28-15-18(3)24(31-26)32(4)5/h6-8,14-15,17,20-21H,9-13,16H2,1-5H3,(H,27,34)(H,29,33)(H,28,30,31). The minimum atomic E-state index is 0.00975. The molecule has 3 N–H and O–H groups in total.